The van der Waals surface area contributed by atoms with E-state index in [-0.39, 0.29) is 28.1 Å². The molecule has 4 rings (SSSR count). The summed E-state index contributed by atoms with van der Waals surface area (Å²) in [6.07, 6.45) is 0. The third-order valence-corrected chi connectivity index (χ3v) is 7.44. The lowest BCUT2D eigenvalue weighted by Crippen LogP contribution is -2.40. The number of hydrogen-bond donors (Lipinski definition) is 1. The van der Waals surface area contributed by atoms with Crippen LogP contribution in [0, 0.1) is 0 Å². The van der Waals surface area contributed by atoms with Gasteiger partial charge in [0.1, 0.15) is 12.4 Å². The first-order chi connectivity index (χ1) is 14.9. The van der Waals surface area contributed by atoms with Gasteiger partial charge in [-0.3, -0.25) is 9.69 Å². The molecule has 0 radical (unpaired) electrons. The van der Waals surface area contributed by atoms with E-state index in [1.54, 1.807) is 0 Å². The minimum atomic E-state index is -3.69. The molecule has 0 atom stereocenters. The van der Waals surface area contributed by atoms with Gasteiger partial charge in [-0.1, -0.05) is 29.8 Å². The summed E-state index contributed by atoms with van der Waals surface area (Å²) in [5.41, 5.74) is 1.29. The van der Waals surface area contributed by atoms with Gasteiger partial charge < -0.3 is 14.8 Å². The molecule has 2 aliphatic rings. The van der Waals surface area contributed by atoms with Crippen molar-refractivity contribution in [2.45, 2.75) is 11.4 Å². The molecule has 31 heavy (non-hydrogen) atoms. The van der Waals surface area contributed by atoms with Crippen LogP contribution in [0.3, 0.4) is 0 Å². The van der Waals surface area contributed by atoms with E-state index in [0.29, 0.717) is 46.0 Å². The number of carbonyl (C=O) groups is 1. The Labute approximate surface area is 186 Å². The maximum absolute atomic E-state index is 12.9. The third-order valence-electron chi connectivity index (χ3n) is 5.22. The number of sulfonamides is 1. The summed E-state index contributed by atoms with van der Waals surface area (Å²) < 4.78 is 38.1. The van der Waals surface area contributed by atoms with Gasteiger partial charge in [0.05, 0.1) is 35.4 Å². The molecule has 2 aromatic rings. The molecule has 0 aliphatic carbocycles. The zero-order chi connectivity index (χ0) is 21.8. The predicted molar refractivity (Wildman–Crippen MR) is 117 cm³/mol. The third kappa shape index (κ3) is 5.19. The van der Waals surface area contributed by atoms with Crippen molar-refractivity contribution in [2.24, 2.45) is 0 Å². The molecule has 0 bridgehead atoms. The molecule has 10 heteroatoms. The minimum absolute atomic E-state index is 0.0891. The number of nitrogens with one attached hydrogen (secondary N) is 1. The number of amides is 1. The van der Waals surface area contributed by atoms with Crippen LogP contribution in [0.5, 0.6) is 5.75 Å². The van der Waals surface area contributed by atoms with Crippen LogP contribution in [0.2, 0.25) is 5.02 Å². The second-order valence-electron chi connectivity index (χ2n) is 7.37. The van der Waals surface area contributed by atoms with Gasteiger partial charge in [-0.05, 0) is 24.3 Å². The summed E-state index contributed by atoms with van der Waals surface area (Å²) in [7, 11) is -3.69. The lowest BCUT2D eigenvalue weighted by Gasteiger charge is -2.26. The maximum Gasteiger partial charge on any atom is 0.243 e. The number of nitrogens with zero attached hydrogens (tertiary/aromatic N) is 2. The van der Waals surface area contributed by atoms with E-state index in [9.17, 15) is 13.2 Å². The van der Waals surface area contributed by atoms with Gasteiger partial charge in [0.2, 0.25) is 15.9 Å². The van der Waals surface area contributed by atoms with Crippen molar-refractivity contribution in [2.75, 3.05) is 51.3 Å². The quantitative estimate of drug-likeness (QED) is 0.728. The van der Waals surface area contributed by atoms with Crippen molar-refractivity contribution < 1.29 is 22.7 Å². The number of ether oxygens (including phenoxy) is 2. The predicted octanol–water partition coefficient (Wildman–Crippen LogP) is 2.19. The van der Waals surface area contributed by atoms with E-state index in [1.807, 2.05) is 29.2 Å². The number of fused-ring (bicyclic) bond motifs is 1. The number of carbonyl (C=O) groups excluding carboxylic acids is 1. The highest BCUT2D eigenvalue weighted by atomic mass is 35.5. The first-order valence-corrected chi connectivity index (χ1v) is 11.9. The van der Waals surface area contributed by atoms with Crippen LogP contribution >= 0.6 is 11.6 Å². The van der Waals surface area contributed by atoms with Gasteiger partial charge >= 0.3 is 0 Å². The van der Waals surface area contributed by atoms with Crippen molar-refractivity contribution in [3.8, 4) is 5.75 Å². The average Bonchev–Trinajstić information content (AvgIpc) is 2.97. The van der Waals surface area contributed by atoms with Gasteiger partial charge in [0.25, 0.3) is 0 Å². The Morgan fingerprint density at radius 1 is 1.06 bits per heavy atom. The van der Waals surface area contributed by atoms with E-state index in [1.165, 1.54) is 22.5 Å². The largest absolute Gasteiger partial charge is 0.492 e. The molecule has 166 valence electrons. The van der Waals surface area contributed by atoms with Gasteiger partial charge in [0, 0.05) is 31.7 Å². The Hall–Kier alpha value is -2.17. The number of rotatable bonds is 5. The van der Waals surface area contributed by atoms with E-state index in [4.69, 9.17) is 21.1 Å². The fourth-order valence-electron chi connectivity index (χ4n) is 3.60. The fraction of sp³-hybridized carbons (Fsp3) is 0.381. The Balaban J connectivity index is 1.45. The molecule has 1 saturated heterocycles. The molecular formula is C21H24ClN3O5S. The zero-order valence-electron chi connectivity index (χ0n) is 16.9. The molecule has 0 unspecified atom stereocenters. The van der Waals surface area contributed by atoms with E-state index < -0.39 is 10.0 Å². The summed E-state index contributed by atoms with van der Waals surface area (Å²) in [5.74, 6) is 0.552. The average molecular weight is 466 g/mol. The van der Waals surface area contributed by atoms with E-state index in [2.05, 4.69) is 5.32 Å². The number of halogens is 1. The molecular weight excluding hydrogens is 442 g/mol. The topological polar surface area (TPSA) is 88.2 Å². The minimum Gasteiger partial charge on any atom is -0.492 e. The van der Waals surface area contributed by atoms with Gasteiger partial charge in [-0.15, -0.1) is 0 Å². The first kappa shape index (κ1) is 22.0. The van der Waals surface area contributed by atoms with Crippen molar-refractivity contribution in [3.63, 3.8) is 0 Å². The summed E-state index contributed by atoms with van der Waals surface area (Å²) in [6.45, 7) is 3.12. The van der Waals surface area contributed by atoms with Crippen LogP contribution in [-0.2, 0) is 26.1 Å². The summed E-state index contributed by atoms with van der Waals surface area (Å²) in [4.78, 5) is 14.8. The summed E-state index contributed by atoms with van der Waals surface area (Å²) in [5, 5.41) is 3.03. The smallest absolute Gasteiger partial charge is 0.243 e. The van der Waals surface area contributed by atoms with Crippen LogP contribution in [-0.4, -0.2) is 69.5 Å². The highest BCUT2D eigenvalue weighted by Crippen LogP contribution is 2.28. The van der Waals surface area contributed by atoms with E-state index >= 15 is 0 Å². The molecule has 2 heterocycles. The van der Waals surface area contributed by atoms with Gasteiger partial charge in [0.15, 0.2) is 0 Å². The lowest BCUT2D eigenvalue weighted by molar-refractivity contribution is -0.117. The molecule has 1 amide bonds. The van der Waals surface area contributed by atoms with Crippen molar-refractivity contribution in [1.29, 1.82) is 0 Å². The molecule has 0 spiro atoms. The van der Waals surface area contributed by atoms with E-state index in [0.717, 1.165) is 11.3 Å². The highest BCUT2D eigenvalue weighted by molar-refractivity contribution is 7.89. The summed E-state index contributed by atoms with van der Waals surface area (Å²) >= 11 is 6.24. The van der Waals surface area contributed by atoms with Crippen molar-refractivity contribution in [1.82, 2.24) is 9.21 Å². The fourth-order valence-corrected chi connectivity index (χ4v) is 5.20. The molecule has 1 N–H and O–H groups in total. The van der Waals surface area contributed by atoms with Crippen LogP contribution in [0.25, 0.3) is 0 Å². The van der Waals surface area contributed by atoms with Crippen LogP contribution < -0.4 is 10.1 Å². The Morgan fingerprint density at radius 3 is 2.65 bits per heavy atom. The standard InChI is InChI=1S/C21H24ClN3O5S/c22-18-6-5-17(31(27,28)25-8-10-29-11-9-25)13-19(18)23-21(26)15-24-7-12-30-20-4-2-1-3-16(20)14-24/h1-6,13H,7-12,14-15H2,(H,23,26). The second-order valence-corrected chi connectivity index (χ2v) is 9.72. The molecule has 0 saturated carbocycles. The number of morpholine rings is 1. The first-order valence-electron chi connectivity index (χ1n) is 10.0. The Morgan fingerprint density at radius 2 is 1.84 bits per heavy atom. The van der Waals surface area contributed by atoms with Crippen LogP contribution in [0.15, 0.2) is 47.4 Å². The SMILES string of the molecule is O=C(CN1CCOc2ccccc2C1)Nc1cc(S(=O)(=O)N2CCOCC2)ccc1Cl. The molecule has 8 nitrogen and oxygen atoms in total. The molecule has 1 fully saturated rings. The number of benzene rings is 2. The maximum atomic E-state index is 12.9. The molecule has 0 aromatic heterocycles. The highest BCUT2D eigenvalue weighted by Gasteiger charge is 2.27. The van der Waals surface area contributed by atoms with Crippen molar-refractivity contribution >= 4 is 33.2 Å². The zero-order valence-corrected chi connectivity index (χ0v) is 18.5. The monoisotopic (exact) mass is 465 g/mol. The number of hydrogen-bond acceptors (Lipinski definition) is 6. The molecule has 2 aliphatic heterocycles. The van der Waals surface area contributed by atoms with Crippen LogP contribution in [0.4, 0.5) is 5.69 Å². The van der Waals surface area contributed by atoms with Crippen LogP contribution in [0.1, 0.15) is 5.56 Å². The Bertz CT molecular complexity index is 1060. The van der Waals surface area contributed by atoms with Crippen molar-refractivity contribution in [3.05, 3.63) is 53.1 Å². The second kappa shape index (κ2) is 9.54. The number of para-hydroxylation sites is 1. The molecule has 2 aromatic carbocycles. The number of anilines is 1. The van der Waals surface area contributed by atoms with Gasteiger partial charge in [-0.2, -0.15) is 4.31 Å². The normalized spacial score (nSPS) is 18.0. The lowest BCUT2D eigenvalue weighted by atomic mass is 10.2. The Kier molecular flexibility index (Phi) is 6.78. The van der Waals surface area contributed by atoms with Gasteiger partial charge in [-0.25, -0.2) is 8.42 Å². The summed E-state index contributed by atoms with van der Waals surface area (Å²) in [6, 6.07) is 12.1.